The predicted molar refractivity (Wildman–Crippen MR) is 98.1 cm³/mol. The van der Waals surface area contributed by atoms with Gasteiger partial charge in [-0.2, -0.15) is 4.57 Å². The van der Waals surface area contributed by atoms with Crippen LogP contribution < -0.4 is 23.2 Å². The number of hydrogen-bond donors (Lipinski definition) is 0. The van der Waals surface area contributed by atoms with Gasteiger partial charge in [-0.15, -0.1) is 10.2 Å². The number of allylic oxidation sites excluding steroid dienone is 4. The number of halogens is 1. The molecular formula is C20H24ClNO5S. The molecule has 0 aliphatic carbocycles. The van der Waals surface area contributed by atoms with E-state index < -0.39 is 10.2 Å². The molecule has 1 aliphatic heterocycles. The number of aromatic nitrogens is 1. The van der Waals surface area contributed by atoms with Gasteiger partial charge in [-0.05, 0) is 43.1 Å². The Morgan fingerprint density at radius 3 is 2.29 bits per heavy atom. The molecule has 152 valence electrons. The Kier molecular flexibility index (Phi) is 7.03. The Bertz CT molecular complexity index is 926. The van der Waals surface area contributed by atoms with Crippen molar-refractivity contribution in [1.82, 2.24) is 0 Å². The number of thiazole rings is 1. The van der Waals surface area contributed by atoms with Crippen molar-refractivity contribution < 1.29 is 38.2 Å². The lowest BCUT2D eigenvalue weighted by atomic mass is 9.85. The summed E-state index contributed by atoms with van der Waals surface area (Å²) in [6.45, 7) is 11.9. The van der Waals surface area contributed by atoms with Gasteiger partial charge in [0.1, 0.15) is 22.8 Å². The maximum Gasteiger partial charge on any atom is 0.266 e. The van der Waals surface area contributed by atoms with E-state index in [1.54, 1.807) is 0 Å². The van der Waals surface area contributed by atoms with Crippen LogP contribution in [0, 0.1) is 15.7 Å². The third kappa shape index (κ3) is 6.41. The van der Waals surface area contributed by atoms with Crippen molar-refractivity contribution >= 4 is 27.6 Å². The smallest absolute Gasteiger partial charge is 0.266 e. The van der Waals surface area contributed by atoms with E-state index in [-0.39, 0.29) is 5.41 Å². The molecular weight excluding hydrogens is 402 g/mol. The average molecular weight is 426 g/mol. The van der Waals surface area contributed by atoms with Crippen LogP contribution >= 0.6 is 11.3 Å². The van der Waals surface area contributed by atoms with E-state index >= 15 is 0 Å². The SMILES string of the molecule is CC[n+]1c(/C=C2\C=C(C(C)(C)C)C=C(C)O2)sc2ccccc21.[O-][Cl+3]([O-])([O-])[O-]. The topological polar surface area (TPSA) is 105 Å². The van der Waals surface area contributed by atoms with Gasteiger partial charge in [0.05, 0.1) is 6.08 Å². The molecule has 2 heterocycles. The van der Waals surface area contributed by atoms with Gasteiger partial charge in [0.15, 0.2) is 0 Å². The van der Waals surface area contributed by atoms with E-state index in [1.807, 2.05) is 18.3 Å². The highest BCUT2D eigenvalue weighted by Gasteiger charge is 2.22. The van der Waals surface area contributed by atoms with Crippen molar-refractivity contribution in [3.63, 3.8) is 0 Å². The molecule has 0 radical (unpaired) electrons. The fraction of sp³-hybridized carbons (Fsp3) is 0.350. The van der Waals surface area contributed by atoms with Crippen LogP contribution in [0.3, 0.4) is 0 Å². The minimum absolute atomic E-state index is 0.116. The van der Waals surface area contributed by atoms with E-state index in [0.717, 1.165) is 18.1 Å². The molecule has 8 heteroatoms. The van der Waals surface area contributed by atoms with Crippen LogP contribution in [-0.4, -0.2) is 0 Å². The van der Waals surface area contributed by atoms with E-state index in [2.05, 4.69) is 74.8 Å². The molecule has 0 fully saturated rings. The number of nitrogens with zero attached hydrogens (tertiary/aromatic N) is 1. The first-order chi connectivity index (χ1) is 12.9. The highest BCUT2D eigenvalue weighted by Crippen LogP contribution is 2.33. The van der Waals surface area contributed by atoms with Crippen molar-refractivity contribution in [3.05, 3.63) is 58.5 Å². The van der Waals surface area contributed by atoms with E-state index in [1.165, 1.54) is 20.8 Å². The van der Waals surface area contributed by atoms with E-state index in [4.69, 9.17) is 23.4 Å². The zero-order valence-corrected chi connectivity index (χ0v) is 18.1. The van der Waals surface area contributed by atoms with Gasteiger partial charge in [-0.1, -0.05) is 44.2 Å². The van der Waals surface area contributed by atoms with Crippen LogP contribution in [-0.2, 0) is 11.3 Å². The van der Waals surface area contributed by atoms with Crippen molar-refractivity contribution in [2.75, 3.05) is 0 Å². The number of hydrogen-bond acceptors (Lipinski definition) is 6. The fourth-order valence-electron chi connectivity index (χ4n) is 2.77. The maximum atomic E-state index is 8.49. The molecule has 0 N–H and O–H groups in total. The van der Waals surface area contributed by atoms with Crippen LogP contribution in [0.15, 0.2) is 53.5 Å². The molecule has 2 aromatic rings. The van der Waals surface area contributed by atoms with Crippen molar-refractivity contribution in [1.29, 1.82) is 0 Å². The van der Waals surface area contributed by atoms with Gasteiger partial charge >= 0.3 is 0 Å². The molecule has 0 bridgehead atoms. The highest BCUT2D eigenvalue weighted by molar-refractivity contribution is 7.18. The van der Waals surface area contributed by atoms with Crippen LogP contribution in [0.5, 0.6) is 0 Å². The molecule has 28 heavy (non-hydrogen) atoms. The van der Waals surface area contributed by atoms with Crippen molar-refractivity contribution in [2.45, 2.75) is 41.2 Å². The first-order valence-electron chi connectivity index (χ1n) is 8.71. The second kappa shape index (κ2) is 8.73. The normalized spacial score (nSPS) is 16.2. The molecule has 0 spiro atoms. The zero-order chi connectivity index (χ0) is 21.1. The van der Waals surface area contributed by atoms with Gasteiger partial charge in [-0.3, -0.25) is 0 Å². The predicted octanol–water partition coefficient (Wildman–Crippen LogP) is 0.700. The Labute approximate surface area is 171 Å². The quantitative estimate of drug-likeness (QED) is 0.658. The molecule has 0 atom stereocenters. The molecule has 1 aromatic heterocycles. The van der Waals surface area contributed by atoms with Gasteiger partial charge < -0.3 is 4.74 Å². The van der Waals surface area contributed by atoms with Crippen molar-refractivity contribution in [3.8, 4) is 0 Å². The number of benzene rings is 1. The lowest BCUT2D eigenvalue weighted by Crippen LogP contribution is -2.68. The van der Waals surface area contributed by atoms with Gasteiger partial charge in [0.2, 0.25) is 5.52 Å². The second-order valence-corrected chi connectivity index (χ2v) is 9.10. The standard InChI is InChI=1S/C20H24NOS.ClHO4/c1-6-21-17-9-7-8-10-18(17)23-19(21)13-16-12-15(20(3,4)5)11-14(2)22-16;2-1(3,4)5/h7-13H,6H2,1-5H3;(H,2,3,4,5)/q+1;/p-1/b16-13+;. The summed E-state index contributed by atoms with van der Waals surface area (Å²) in [7, 11) is -4.94. The van der Waals surface area contributed by atoms with E-state index in [9.17, 15) is 0 Å². The Morgan fingerprint density at radius 1 is 1.11 bits per heavy atom. The Balaban J connectivity index is 0.000000500. The zero-order valence-electron chi connectivity index (χ0n) is 16.5. The number of ether oxygens (including phenoxy) is 1. The summed E-state index contributed by atoms with van der Waals surface area (Å²) >= 11 is 1.81. The summed E-state index contributed by atoms with van der Waals surface area (Å²) in [6.07, 6.45) is 6.46. The molecule has 6 nitrogen and oxygen atoms in total. The number of fused-ring (bicyclic) bond motifs is 1. The third-order valence-electron chi connectivity index (χ3n) is 4.02. The minimum atomic E-state index is -4.94. The fourth-order valence-corrected chi connectivity index (χ4v) is 3.94. The summed E-state index contributed by atoms with van der Waals surface area (Å²) in [6, 6.07) is 8.55. The monoisotopic (exact) mass is 425 g/mol. The lowest BCUT2D eigenvalue weighted by molar-refractivity contribution is -2.00. The number of para-hydroxylation sites is 1. The molecule has 3 rings (SSSR count). The second-order valence-electron chi connectivity index (χ2n) is 7.28. The highest BCUT2D eigenvalue weighted by atomic mass is 35.7. The van der Waals surface area contributed by atoms with Gasteiger partial charge in [0.25, 0.3) is 5.01 Å². The summed E-state index contributed by atoms with van der Waals surface area (Å²) in [4.78, 5) is 0. The Morgan fingerprint density at radius 2 is 1.71 bits per heavy atom. The lowest BCUT2D eigenvalue weighted by Gasteiger charge is -2.24. The summed E-state index contributed by atoms with van der Waals surface area (Å²) in [5.74, 6) is 1.87. The molecule has 0 saturated heterocycles. The maximum absolute atomic E-state index is 8.49. The first kappa shape index (κ1) is 22.5. The molecule has 0 amide bonds. The third-order valence-corrected chi connectivity index (χ3v) is 5.13. The van der Waals surface area contributed by atoms with Crippen LogP contribution in [0.2, 0.25) is 0 Å². The van der Waals surface area contributed by atoms with E-state index in [0.29, 0.717) is 0 Å². The summed E-state index contributed by atoms with van der Waals surface area (Å²) in [5.41, 5.74) is 2.71. The largest absolute Gasteiger partial charge is 0.462 e. The number of aryl methyl sites for hydroxylation is 1. The summed E-state index contributed by atoms with van der Waals surface area (Å²) < 4.78 is 43.6. The first-order valence-corrected chi connectivity index (χ1v) is 10.8. The van der Waals surface area contributed by atoms with Crippen molar-refractivity contribution in [2.24, 2.45) is 5.41 Å². The summed E-state index contributed by atoms with van der Waals surface area (Å²) in [5, 5.41) is 1.22. The number of rotatable bonds is 2. The molecule has 1 aromatic carbocycles. The van der Waals surface area contributed by atoms with Crippen LogP contribution in [0.1, 0.15) is 39.6 Å². The molecule has 1 aliphatic rings. The van der Waals surface area contributed by atoms with Crippen LogP contribution in [0.4, 0.5) is 0 Å². The van der Waals surface area contributed by atoms with Gasteiger partial charge in [-0.25, -0.2) is 18.6 Å². The van der Waals surface area contributed by atoms with Gasteiger partial charge in [0, 0.05) is 6.07 Å². The minimum Gasteiger partial charge on any atom is -0.462 e. The van der Waals surface area contributed by atoms with Crippen LogP contribution in [0.25, 0.3) is 16.3 Å². The Hall–Kier alpha value is -1.74. The average Bonchev–Trinajstić information content (AvgIpc) is 2.88. The molecule has 0 unspecified atom stereocenters. The molecule has 0 saturated carbocycles.